The maximum atomic E-state index is 10.9. The van der Waals surface area contributed by atoms with E-state index in [0.29, 0.717) is 0 Å². The van der Waals surface area contributed by atoms with Gasteiger partial charge in [-0.2, -0.15) is 0 Å². The van der Waals surface area contributed by atoms with Crippen molar-refractivity contribution in [2.45, 2.75) is 24.9 Å². The zero-order chi connectivity index (χ0) is 17.7. The van der Waals surface area contributed by atoms with Gasteiger partial charge in [0.15, 0.2) is 0 Å². The Bertz CT molecular complexity index is 688. The predicted octanol–water partition coefficient (Wildman–Crippen LogP) is 1.68. The molecule has 0 saturated heterocycles. The van der Waals surface area contributed by atoms with E-state index in [0.717, 1.165) is 22.3 Å². The van der Waals surface area contributed by atoms with Gasteiger partial charge in [-0.1, -0.05) is 48.5 Å². The molecule has 0 saturated carbocycles. The second-order valence-corrected chi connectivity index (χ2v) is 5.70. The summed E-state index contributed by atoms with van der Waals surface area (Å²) in [6.07, 6.45) is 0.486. The van der Waals surface area contributed by atoms with Crippen LogP contribution in [0.25, 0.3) is 11.1 Å². The van der Waals surface area contributed by atoms with Crippen LogP contribution in [-0.2, 0) is 22.4 Å². The van der Waals surface area contributed by atoms with Gasteiger partial charge < -0.3 is 21.7 Å². The summed E-state index contributed by atoms with van der Waals surface area (Å²) >= 11 is 0. The Morgan fingerprint density at radius 2 is 1.16 bits per heavy atom. The van der Waals surface area contributed by atoms with Gasteiger partial charge in [-0.25, -0.2) is 0 Å². The third-order valence-electron chi connectivity index (χ3n) is 3.73. The average Bonchev–Trinajstić information content (AvgIpc) is 2.55. The molecule has 6 N–H and O–H groups in total. The van der Waals surface area contributed by atoms with E-state index in [-0.39, 0.29) is 25.2 Å². The van der Waals surface area contributed by atoms with Crippen molar-refractivity contribution in [1.82, 2.24) is 0 Å². The molecule has 0 aliphatic heterocycles. The van der Waals surface area contributed by atoms with Gasteiger partial charge in [0, 0.05) is 0 Å². The largest absolute Gasteiger partial charge is 0.480 e. The van der Waals surface area contributed by atoms with Crippen molar-refractivity contribution in [2.24, 2.45) is 11.5 Å². The fraction of sp³-hybridized carbons (Fsp3) is 0.222. The predicted molar refractivity (Wildman–Crippen MR) is 97.8 cm³/mol. The molecule has 0 heterocycles. The van der Waals surface area contributed by atoms with Crippen LogP contribution in [0.5, 0.6) is 0 Å². The molecule has 0 aliphatic carbocycles. The summed E-state index contributed by atoms with van der Waals surface area (Å²) in [5, 5.41) is 17.8. The van der Waals surface area contributed by atoms with E-state index in [1.54, 1.807) is 0 Å². The number of nitrogens with two attached hydrogens (primary N) is 2. The lowest BCUT2D eigenvalue weighted by molar-refractivity contribution is -0.139. The average molecular weight is 365 g/mol. The summed E-state index contributed by atoms with van der Waals surface area (Å²) < 4.78 is 0. The summed E-state index contributed by atoms with van der Waals surface area (Å²) in [5.74, 6) is -2.07. The van der Waals surface area contributed by atoms with Crippen LogP contribution in [0.15, 0.2) is 48.5 Å². The Morgan fingerprint density at radius 3 is 1.48 bits per heavy atom. The van der Waals surface area contributed by atoms with Gasteiger partial charge in [0.05, 0.1) is 0 Å². The number of rotatable bonds is 7. The molecule has 2 rings (SSSR count). The molecule has 2 aromatic carbocycles. The number of carboxylic acid groups (broad SMARTS) is 2. The minimum atomic E-state index is -1.04. The van der Waals surface area contributed by atoms with Gasteiger partial charge in [-0.05, 0) is 35.1 Å². The van der Waals surface area contributed by atoms with Crippen molar-refractivity contribution in [3.05, 3.63) is 59.7 Å². The fourth-order valence-electron chi connectivity index (χ4n) is 2.44. The molecule has 6 nitrogen and oxygen atoms in total. The number of benzene rings is 2. The number of hydrogen-bond acceptors (Lipinski definition) is 4. The first-order valence-electron chi connectivity index (χ1n) is 7.52. The highest BCUT2D eigenvalue weighted by molar-refractivity contribution is 5.85. The lowest BCUT2D eigenvalue weighted by atomic mass is 9.97. The van der Waals surface area contributed by atoms with E-state index in [9.17, 15) is 9.59 Å². The molecule has 25 heavy (non-hydrogen) atoms. The van der Waals surface area contributed by atoms with E-state index in [1.165, 1.54) is 0 Å². The van der Waals surface area contributed by atoms with Gasteiger partial charge >= 0.3 is 11.9 Å². The van der Waals surface area contributed by atoms with Gasteiger partial charge in [0.2, 0.25) is 0 Å². The Morgan fingerprint density at radius 1 is 0.800 bits per heavy atom. The van der Waals surface area contributed by atoms with E-state index < -0.39 is 24.0 Å². The minimum absolute atomic E-state index is 0. The minimum Gasteiger partial charge on any atom is -0.480 e. The van der Waals surface area contributed by atoms with Crippen LogP contribution in [0.2, 0.25) is 0 Å². The molecule has 0 fully saturated rings. The Hall–Kier alpha value is -2.41. The molecule has 0 aliphatic rings. The smallest absolute Gasteiger partial charge is 0.320 e. The van der Waals surface area contributed by atoms with Crippen LogP contribution in [-0.4, -0.2) is 34.2 Å². The summed E-state index contributed by atoms with van der Waals surface area (Å²) in [7, 11) is 0. The van der Waals surface area contributed by atoms with Gasteiger partial charge in [-0.3, -0.25) is 9.59 Å². The number of halogens is 1. The summed E-state index contributed by atoms with van der Waals surface area (Å²) in [5.41, 5.74) is 14.6. The molecule has 0 aromatic heterocycles. The summed E-state index contributed by atoms with van der Waals surface area (Å²) in [4.78, 5) is 21.8. The maximum Gasteiger partial charge on any atom is 0.320 e. The number of hydrogen-bond donors (Lipinski definition) is 4. The Labute approximate surface area is 151 Å². The first kappa shape index (κ1) is 20.6. The maximum absolute atomic E-state index is 10.9. The molecule has 2 aromatic rings. The van der Waals surface area contributed by atoms with Crippen LogP contribution in [0, 0.1) is 0 Å². The highest BCUT2D eigenvalue weighted by Gasteiger charge is 2.14. The summed E-state index contributed by atoms with van der Waals surface area (Å²) in [6.45, 7) is 0. The molecule has 2 atom stereocenters. The number of carbonyl (C=O) groups is 2. The molecule has 0 spiro atoms. The molecule has 134 valence electrons. The zero-order valence-electron chi connectivity index (χ0n) is 13.5. The van der Waals surface area contributed by atoms with Crippen LogP contribution in [0.3, 0.4) is 0 Å². The van der Waals surface area contributed by atoms with Crippen LogP contribution < -0.4 is 11.5 Å². The highest BCUT2D eigenvalue weighted by Crippen LogP contribution is 2.22. The van der Waals surface area contributed by atoms with Gasteiger partial charge in [0.25, 0.3) is 0 Å². The van der Waals surface area contributed by atoms with Crippen molar-refractivity contribution in [3.8, 4) is 11.1 Å². The van der Waals surface area contributed by atoms with Crippen LogP contribution in [0.4, 0.5) is 0 Å². The van der Waals surface area contributed by atoms with Crippen molar-refractivity contribution >= 4 is 24.3 Å². The molecule has 0 unspecified atom stereocenters. The molecule has 0 amide bonds. The van der Waals surface area contributed by atoms with E-state index in [1.807, 2.05) is 48.5 Å². The van der Waals surface area contributed by atoms with E-state index in [4.69, 9.17) is 21.7 Å². The molecule has 0 radical (unpaired) electrons. The monoisotopic (exact) mass is 364 g/mol. The fourth-order valence-corrected chi connectivity index (χ4v) is 2.44. The SMILES string of the molecule is Cl.N[C@@H](Cc1cccc(-c2cccc(C[C@H](N)C(=O)O)c2)c1)C(=O)O. The lowest BCUT2D eigenvalue weighted by Crippen LogP contribution is -2.32. The quantitative estimate of drug-likeness (QED) is 0.592. The molecular formula is C18H21ClN2O4. The topological polar surface area (TPSA) is 127 Å². The van der Waals surface area contributed by atoms with Crippen molar-refractivity contribution < 1.29 is 19.8 Å². The lowest BCUT2D eigenvalue weighted by Gasteiger charge is -2.11. The Kier molecular flexibility index (Phi) is 7.57. The third-order valence-corrected chi connectivity index (χ3v) is 3.73. The highest BCUT2D eigenvalue weighted by atomic mass is 35.5. The third kappa shape index (κ3) is 5.86. The van der Waals surface area contributed by atoms with Crippen molar-refractivity contribution in [2.75, 3.05) is 0 Å². The number of carboxylic acids is 2. The number of aliphatic carboxylic acids is 2. The zero-order valence-corrected chi connectivity index (χ0v) is 14.3. The second-order valence-electron chi connectivity index (χ2n) is 5.70. The van der Waals surface area contributed by atoms with E-state index >= 15 is 0 Å². The van der Waals surface area contributed by atoms with Crippen molar-refractivity contribution in [1.29, 1.82) is 0 Å². The standard InChI is InChI=1S/C18H20N2O4.ClH/c19-15(17(21)22)9-11-3-1-5-13(7-11)14-6-2-4-12(8-14)10-16(20)18(23)24;/h1-8,15-16H,9-10,19-20H2,(H,21,22)(H,23,24);1H/t15-,16-;/m0./s1. The van der Waals surface area contributed by atoms with Gasteiger partial charge in [-0.15, -0.1) is 12.4 Å². The van der Waals surface area contributed by atoms with Gasteiger partial charge in [0.1, 0.15) is 12.1 Å². The molecular weight excluding hydrogens is 344 g/mol. The second kappa shape index (κ2) is 9.17. The van der Waals surface area contributed by atoms with Crippen LogP contribution >= 0.6 is 12.4 Å². The first-order chi connectivity index (χ1) is 11.4. The van der Waals surface area contributed by atoms with Crippen molar-refractivity contribution in [3.63, 3.8) is 0 Å². The normalized spacial score (nSPS) is 12.7. The molecule has 0 bridgehead atoms. The van der Waals surface area contributed by atoms with Crippen LogP contribution in [0.1, 0.15) is 11.1 Å². The van der Waals surface area contributed by atoms with E-state index in [2.05, 4.69) is 0 Å². The Balaban J connectivity index is 0.00000312. The molecule has 7 heteroatoms. The summed E-state index contributed by atoms with van der Waals surface area (Å²) in [6, 6.07) is 13.0. The first-order valence-corrected chi connectivity index (χ1v) is 7.52.